The van der Waals surface area contributed by atoms with Crippen molar-refractivity contribution in [3.63, 3.8) is 0 Å². The van der Waals surface area contributed by atoms with Crippen molar-refractivity contribution in [2.75, 3.05) is 0 Å². The molecule has 0 saturated carbocycles. The molecule has 0 bridgehead atoms. The summed E-state index contributed by atoms with van der Waals surface area (Å²) in [7, 11) is 0. The van der Waals surface area contributed by atoms with Gasteiger partial charge in [0.1, 0.15) is 11.8 Å². The van der Waals surface area contributed by atoms with E-state index in [0.717, 1.165) is 0 Å². The molecule has 0 aliphatic carbocycles. The average Bonchev–Trinajstić information content (AvgIpc) is 2.93. The molecule has 3 aromatic rings. The second-order valence-electron chi connectivity index (χ2n) is 10.3. The Hall–Kier alpha value is -4.83. The van der Waals surface area contributed by atoms with Crippen molar-refractivity contribution in [2.45, 2.75) is 51.4 Å². The molecular formula is C31H31NO9. The number of Topliss-reactive ketones (excluding diaryl/α,β-unsaturated/α-hetero) is 2. The Morgan fingerprint density at radius 3 is 1.61 bits per heavy atom. The Bertz CT molecular complexity index is 1480. The van der Waals surface area contributed by atoms with E-state index in [1.165, 1.54) is 64.1 Å². The topological polar surface area (TPSA) is 170 Å². The second kappa shape index (κ2) is 12.1. The Morgan fingerprint density at radius 1 is 0.732 bits per heavy atom. The van der Waals surface area contributed by atoms with Crippen molar-refractivity contribution in [3.8, 4) is 5.75 Å². The van der Waals surface area contributed by atoms with Gasteiger partial charge in [-0.3, -0.25) is 14.4 Å². The number of aliphatic carboxylic acids is 1. The zero-order chi connectivity index (χ0) is 30.5. The summed E-state index contributed by atoms with van der Waals surface area (Å²) in [5, 5.41) is 20.4. The van der Waals surface area contributed by atoms with Crippen LogP contribution < -0.4 is 5.73 Å². The van der Waals surface area contributed by atoms with Gasteiger partial charge in [-0.1, -0.05) is 42.5 Å². The molecule has 0 aromatic heterocycles. The van der Waals surface area contributed by atoms with Crippen LogP contribution in [0.15, 0.2) is 72.8 Å². The van der Waals surface area contributed by atoms with Gasteiger partial charge in [-0.25, -0.2) is 9.59 Å². The summed E-state index contributed by atoms with van der Waals surface area (Å²) in [6.07, 6.45) is -0.369. The minimum atomic E-state index is -1.89. The molecule has 41 heavy (non-hydrogen) atoms. The summed E-state index contributed by atoms with van der Waals surface area (Å²) < 4.78 is 11.0. The van der Waals surface area contributed by atoms with Gasteiger partial charge in [0.05, 0.1) is 16.7 Å². The number of esters is 2. The van der Waals surface area contributed by atoms with E-state index in [1.54, 1.807) is 36.4 Å². The summed E-state index contributed by atoms with van der Waals surface area (Å²) in [5.74, 6) is -5.44. The van der Waals surface area contributed by atoms with Crippen molar-refractivity contribution in [1.29, 1.82) is 0 Å². The van der Waals surface area contributed by atoms with Crippen LogP contribution in [-0.4, -0.2) is 56.9 Å². The minimum Gasteiger partial charge on any atom is -0.507 e. The number of phenolic OH excluding ortho intramolecular Hbond substituents is 1. The third-order valence-corrected chi connectivity index (χ3v) is 6.30. The molecule has 3 rings (SSSR count). The number of carbonyl (C=O) groups excluding carboxylic acids is 4. The lowest BCUT2D eigenvalue weighted by Crippen LogP contribution is -2.41. The molecule has 1 atom stereocenters. The molecule has 10 heteroatoms. The van der Waals surface area contributed by atoms with Crippen LogP contribution in [0, 0.1) is 0 Å². The van der Waals surface area contributed by atoms with Crippen molar-refractivity contribution < 1.29 is 43.7 Å². The van der Waals surface area contributed by atoms with Crippen molar-refractivity contribution in [2.24, 2.45) is 5.73 Å². The van der Waals surface area contributed by atoms with E-state index in [0.29, 0.717) is 0 Å². The fourth-order valence-corrected chi connectivity index (χ4v) is 3.99. The molecule has 3 aromatic carbocycles. The highest BCUT2D eigenvalue weighted by molar-refractivity contribution is 6.16. The summed E-state index contributed by atoms with van der Waals surface area (Å²) in [4.78, 5) is 64.5. The zero-order valence-corrected chi connectivity index (χ0v) is 23.0. The molecule has 0 heterocycles. The van der Waals surface area contributed by atoms with Crippen LogP contribution in [0.2, 0.25) is 0 Å². The Balaban J connectivity index is 2.06. The molecule has 0 aliphatic heterocycles. The van der Waals surface area contributed by atoms with Crippen LogP contribution in [0.4, 0.5) is 0 Å². The summed E-state index contributed by atoms with van der Waals surface area (Å²) in [6, 6.07) is 16.9. The number of ketones is 2. The standard InChI is InChI=1S/C31H31NO9/c1-30(2,40-28(38)18-11-7-5-8-12-18)25(34)21-16-15-20(17-22(32)27(36)37)24(33)23(21)26(35)31(3,4)41-29(39)19-13-9-6-10-14-19/h5-16,22,33H,17,32H2,1-4H3,(H,36,37)/t22-/m0/s1. The second-order valence-corrected chi connectivity index (χ2v) is 10.3. The fourth-order valence-electron chi connectivity index (χ4n) is 3.99. The summed E-state index contributed by atoms with van der Waals surface area (Å²) in [5.41, 5.74) is 1.44. The van der Waals surface area contributed by atoms with Gasteiger partial charge in [-0.15, -0.1) is 0 Å². The highest BCUT2D eigenvalue weighted by atomic mass is 16.6. The lowest BCUT2D eigenvalue weighted by molar-refractivity contribution is -0.138. The first-order chi connectivity index (χ1) is 19.2. The van der Waals surface area contributed by atoms with E-state index in [9.17, 15) is 34.2 Å². The van der Waals surface area contributed by atoms with E-state index >= 15 is 0 Å². The molecule has 0 radical (unpaired) electrons. The number of phenols is 1. The maximum atomic E-state index is 13.9. The first kappa shape index (κ1) is 30.7. The highest BCUT2D eigenvalue weighted by Gasteiger charge is 2.42. The molecule has 4 N–H and O–H groups in total. The lowest BCUT2D eigenvalue weighted by atomic mass is 9.84. The molecule has 0 saturated heterocycles. The molecule has 0 unspecified atom stereocenters. The SMILES string of the molecule is CC(C)(OC(=O)c1ccccc1)C(=O)c1ccc(C[C@H](N)C(=O)O)c(O)c1C(=O)C(C)(C)OC(=O)c1ccccc1. The third-order valence-electron chi connectivity index (χ3n) is 6.30. The number of hydrogen-bond donors (Lipinski definition) is 3. The number of carbonyl (C=O) groups is 5. The van der Waals surface area contributed by atoms with Crippen molar-refractivity contribution in [3.05, 3.63) is 101 Å². The Labute approximate surface area is 236 Å². The number of carboxylic acids is 1. The van der Waals surface area contributed by atoms with Gasteiger partial charge in [0.25, 0.3) is 0 Å². The Morgan fingerprint density at radius 2 is 1.17 bits per heavy atom. The number of nitrogens with two attached hydrogens (primary N) is 1. The van der Waals surface area contributed by atoms with E-state index in [-0.39, 0.29) is 28.7 Å². The summed E-state index contributed by atoms with van der Waals surface area (Å²) in [6.45, 7) is 5.24. The highest BCUT2D eigenvalue weighted by Crippen LogP contribution is 2.34. The van der Waals surface area contributed by atoms with Crippen molar-refractivity contribution in [1.82, 2.24) is 0 Å². The number of hydrogen-bond acceptors (Lipinski definition) is 9. The first-order valence-corrected chi connectivity index (χ1v) is 12.7. The van der Waals surface area contributed by atoms with Crippen LogP contribution in [0.1, 0.15) is 74.7 Å². The zero-order valence-electron chi connectivity index (χ0n) is 23.0. The van der Waals surface area contributed by atoms with Gasteiger partial charge in [-0.2, -0.15) is 0 Å². The van der Waals surface area contributed by atoms with Crippen LogP contribution >= 0.6 is 0 Å². The van der Waals surface area contributed by atoms with E-state index < -0.39 is 58.0 Å². The lowest BCUT2D eigenvalue weighted by Gasteiger charge is -2.28. The molecule has 214 valence electrons. The van der Waals surface area contributed by atoms with Crippen LogP contribution in [0.3, 0.4) is 0 Å². The van der Waals surface area contributed by atoms with Gasteiger partial charge >= 0.3 is 17.9 Å². The van der Waals surface area contributed by atoms with E-state index in [1.807, 2.05) is 0 Å². The fraction of sp³-hybridized carbons (Fsp3) is 0.258. The predicted octanol–water partition coefficient (Wildman–Crippen LogP) is 3.98. The van der Waals surface area contributed by atoms with Gasteiger partial charge < -0.3 is 25.4 Å². The number of benzene rings is 3. The van der Waals surface area contributed by atoms with Gasteiger partial charge in [0.15, 0.2) is 11.2 Å². The number of ether oxygens (including phenoxy) is 2. The molecule has 0 fully saturated rings. The van der Waals surface area contributed by atoms with Gasteiger partial charge in [0.2, 0.25) is 11.6 Å². The quantitative estimate of drug-likeness (QED) is 0.230. The summed E-state index contributed by atoms with van der Waals surface area (Å²) >= 11 is 0. The number of aromatic hydroxyl groups is 1. The minimum absolute atomic E-state index is 0.0240. The van der Waals surface area contributed by atoms with Gasteiger partial charge in [-0.05, 0) is 63.6 Å². The predicted molar refractivity (Wildman–Crippen MR) is 148 cm³/mol. The number of rotatable bonds is 11. The molecular weight excluding hydrogens is 530 g/mol. The van der Waals surface area contributed by atoms with Crippen LogP contribution in [0.25, 0.3) is 0 Å². The normalized spacial score (nSPS) is 12.2. The first-order valence-electron chi connectivity index (χ1n) is 12.7. The number of carboxylic acid groups (broad SMARTS) is 1. The maximum absolute atomic E-state index is 13.9. The largest absolute Gasteiger partial charge is 0.507 e. The monoisotopic (exact) mass is 561 g/mol. The Kier molecular flexibility index (Phi) is 9.09. The van der Waals surface area contributed by atoms with Gasteiger partial charge in [0, 0.05) is 12.0 Å². The molecule has 0 spiro atoms. The maximum Gasteiger partial charge on any atom is 0.339 e. The van der Waals surface area contributed by atoms with Crippen LogP contribution in [0.5, 0.6) is 5.75 Å². The smallest absolute Gasteiger partial charge is 0.339 e. The average molecular weight is 562 g/mol. The third kappa shape index (κ3) is 7.03. The molecule has 0 aliphatic rings. The van der Waals surface area contributed by atoms with Crippen LogP contribution in [-0.2, 0) is 20.7 Å². The molecule has 10 nitrogen and oxygen atoms in total. The van der Waals surface area contributed by atoms with E-state index in [2.05, 4.69) is 0 Å². The van der Waals surface area contributed by atoms with E-state index in [4.69, 9.17) is 15.2 Å². The van der Waals surface area contributed by atoms with Crippen molar-refractivity contribution >= 4 is 29.5 Å². The molecule has 0 amide bonds.